The Balaban J connectivity index is 1.26. The summed E-state index contributed by atoms with van der Waals surface area (Å²) in [5.74, 6) is 4.34. The second-order valence-electron chi connectivity index (χ2n) is 14.3. The van der Waals surface area contributed by atoms with Crippen LogP contribution in [0.3, 0.4) is 0 Å². The van der Waals surface area contributed by atoms with Gasteiger partial charge in [0, 0.05) is 12.3 Å². The van der Waals surface area contributed by atoms with E-state index in [1.165, 1.54) is 44.9 Å². The molecule has 1 aromatic carbocycles. The molecule has 204 valence electrons. The van der Waals surface area contributed by atoms with Crippen molar-refractivity contribution in [1.82, 2.24) is 0 Å². The van der Waals surface area contributed by atoms with Crippen LogP contribution in [0.2, 0.25) is 0 Å². The highest BCUT2D eigenvalue weighted by molar-refractivity contribution is 5.89. The Bertz CT molecular complexity index is 969. The van der Waals surface area contributed by atoms with E-state index in [-0.39, 0.29) is 23.4 Å². The number of ether oxygens (including phenoxy) is 1. The molecule has 0 saturated heterocycles. The number of ketones is 1. The van der Waals surface area contributed by atoms with Crippen LogP contribution in [0.25, 0.3) is 0 Å². The lowest BCUT2D eigenvalue weighted by molar-refractivity contribution is -0.161. The Labute approximate surface area is 225 Å². The van der Waals surface area contributed by atoms with Crippen molar-refractivity contribution in [2.45, 2.75) is 111 Å². The van der Waals surface area contributed by atoms with Gasteiger partial charge >= 0.3 is 5.97 Å². The average Bonchev–Trinajstić information content (AvgIpc) is 3.22. The molecule has 4 unspecified atom stereocenters. The van der Waals surface area contributed by atoms with Gasteiger partial charge < -0.3 is 4.74 Å². The smallest absolute Gasteiger partial charge is 0.338 e. The molecule has 0 aromatic heterocycles. The van der Waals surface area contributed by atoms with Gasteiger partial charge in [-0.25, -0.2) is 4.79 Å². The normalized spacial score (nSPS) is 40.0. The Morgan fingerprint density at radius 3 is 2.38 bits per heavy atom. The summed E-state index contributed by atoms with van der Waals surface area (Å²) >= 11 is 0. The predicted octanol–water partition coefficient (Wildman–Crippen LogP) is 8.51. The maximum absolute atomic E-state index is 13.9. The molecule has 3 nitrogen and oxygen atoms in total. The van der Waals surface area contributed by atoms with Crippen molar-refractivity contribution < 1.29 is 14.3 Å². The molecule has 0 amide bonds. The van der Waals surface area contributed by atoms with Crippen LogP contribution in [0.4, 0.5) is 0 Å². The van der Waals surface area contributed by atoms with Gasteiger partial charge in [-0.15, -0.1) is 0 Å². The quantitative estimate of drug-likeness (QED) is 0.348. The largest absolute Gasteiger partial charge is 0.459 e. The van der Waals surface area contributed by atoms with E-state index in [0.717, 1.165) is 37.0 Å². The van der Waals surface area contributed by atoms with Crippen molar-refractivity contribution in [2.24, 2.45) is 52.3 Å². The SMILES string of the molecule is CC(C)CCCC(C)[C@H]1CCC2C3C(=O)C[C@H]4C[C@@H](OC(=O)c5ccccc5)CC[C@]4(C)C3CC[C@@]21C. The third kappa shape index (κ3) is 4.94. The zero-order valence-corrected chi connectivity index (χ0v) is 24.0. The van der Waals surface area contributed by atoms with Gasteiger partial charge in [0.15, 0.2) is 0 Å². The highest BCUT2D eigenvalue weighted by Crippen LogP contribution is 2.67. The summed E-state index contributed by atoms with van der Waals surface area (Å²) in [6.07, 6.45) is 12.6. The van der Waals surface area contributed by atoms with Gasteiger partial charge in [0.25, 0.3) is 0 Å². The zero-order valence-electron chi connectivity index (χ0n) is 24.0. The van der Waals surface area contributed by atoms with Crippen LogP contribution in [0.5, 0.6) is 0 Å². The number of carbonyl (C=O) groups is 2. The molecule has 4 aliphatic carbocycles. The third-order valence-electron chi connectivity index (χ3n) is 11.9. The number of rotatable bonds is 7. The molecule has 0 N–H and O–H groups in total. The summed E-state index contributed by atoms with van der Waals surface area (Å²) in [6.45, 7) is 12.2. The van der Waals surface area contributed by atoms with E-state index in [1.54, 1.807) is 0 Å². The standard InChI is InChI=1S/C34H50O3/c1-22(2)10-9-11-23(3)27-14-15-28-31-29(17-19-34(27,28)5)33(4)18-16-26(20-25(33)21-30(31)35)37-32(36)24-12-7-6-8-13-24/h6-8,12-13,22-23,25-29,31H,9-11,14-21H2,1-5H3/t23?,25-,26+,27-,28?,29?,31?,33+,34-/m1/s1. The summed E-state index contributed by atoms with van der Waals surface area (Å²) in [4.78, 5) is 26.6. The fourth-order valence-corrected chi connectivity index (χ4v) is 9.82. The lowest BCUT2D eigenvalue weighted by Crippen LogP contribution is -2.57. The summed E-state index contributed by atoms with van der Waals surface area (Å²) in [7, 11) is 0. The number of Topliss-reactive ketones (excluding diaryl/α,β-unsaturated/α-hetero) is 1. The topological polar surface area (TPSA) is 43.4 Å². The van der Waals surface area contributed by atoms with Gasteiger partial charge in [-0.1, -0.05) is 72.1 Å². The minimum absolute atomic E-state index is 0.0634. The molecule has 4 saturated carbocycles. The van der Waals surface area contributed by atoms with E-state index in [9.17, 15) is 9.59 Å². The van der Waals surface area contributed by atoms with Crippen molar-refractivity contribution in [2.75, 3.05) is 0 Å². The zero-order chi connectivity index (χ0) is 26.4. The number of carbonyl (C=O) groups excluding carboxylic acids is 2. The molecule has 0 heterocycles. The van der Waals surface area contributed by atoms with E-state index in [0.29, 0.717) is 40.9 Å². The third-order valence-corrected chi connectivity index (χ3v) is 11.9. The fourth-order valence-electron chi connectivity index (χ4n) is 9.82. The molecule has 0 radical (unpaired) electrons. The van der Waals surface area contributed by atoms with Crippen molar-refractivity contribution in [3.8, 4) is 0 Å². The second-order valence-corrected chi connectivity index (χ2v) is 14.3. The van der Waals surface area contributed by atoms with Gasteiger partial charge in [0.2, 0.25) is 0 Å². The molecule has 3 heteroatoms. The summed E-state index contributed by atoms with van der Waals surface area (Å²) < 4.78 is 5.97. The molecule has 0 bridgehead atoms. The van der Waals surface area contributed by atoms with Crippen LogP contribution in [0, 0.1) is 52.3 Å². The minimum Gasteiger partial charge on any atom is -0.459 e. The first-order valence-corrected chi connectivity index (χ1v) is 15.4. The van der Waals surface area contributed by atoms with Crippen LogP contribution < -0.4 is 0 Å². The number of fused-ring (bicyclic) bond motifs is 5. The molecule has 0 spiro atoms. The first-order chi connectivity index (χ1) is 17.6. The molecular formula is C34H50O3. The Hall–Kier alpha value is -1.64. The van der Waals surface area contributed by atoms with Crippen molar-refractivity contribution in [3.63, 3.8) is 0 Å². The maximum atomic E-state index is 13.9. The van der Waals surface area contributed by atoms with Gasteiger partial charge in [0.1, 0.15) is 11.9 Å². The van der Waals surface area contributed by atoms with Gasteiger partial charge in [-0.05, 0) is 103 Å². The van der Waals surface area contributed by atoms with Crippen LogP contribution in [-0.2, 0) is 9.53 Å². The molecule has 9 atom stereocenters. The summed E-state index contributed by atoms with van der Waals surface area (Å²) in [6, 6.07) is 9.32. The first-order valence-electron chi connectivity index (χ1n) is 15.4. The molecular weight excluding hydrogens is 456 g/mol. The van der Waals surface area contributed by atoms with Crippen molar-refractivity contribution >= 4 is 11.8 Å². The van der Waals surface area contributed by atoms with Crippen LogP contribution in [-0.4, -0.2) is 17.9 Å². The number of benzene rings is 1. The van der Waals surface area contributed by atoms with Crippen LogP contribution >= 0.6 is 0 Å². The lowest BCUT2D eigenvalue weighted by Gasteiger charge is -2.60. The highest BCUT2D eigenvalue weighted by Gasteiger charge is 2.63. The number of hydrogen-bond donors (Lipinski definition) is 0. The molecule has 4 aliphatic rings. The number of hydrogen-bond acceptors (Lipinski definition) is 3. The molecule has 4 fully saturated rings. The van der Waals surface area contributed by atoms with E-state index >= 15 is 0 Å². The van der Waals surface area contributed by atoms with E-state index < -0.39 is 0 Å². The van der Waals surface area contributed by atoms with Crippen LogP contribution in [0.15, 0.2) is 30.3 Å². The van der Waals surface area contributed by atoms with E-state index in [1.807, 2.05) is 30.3 Å². The number of esters is 1. The predicted molar refractivity (Wildman–Crippen MR) is 149 cm³/mol. The van der Waals surface area contributed by atoms with Crippen molar-refractivity contribution in [3.05, 3.63) is 35.9 Å². The second kappa shape index (κ2) is 10.5. The van der Waals surface area contributed by atoms with Gasteiger partial charge in [-0.3, -0.25) is 4.79 Å². The average molecular weight is 507 g/mol. The van der Waals surface area contributed by atoms with Gasteiger partial charge in [0.05, 0.1) is 5.56 Å². The lowest BCUT2D eigenvalue weighted by atomic mass is 9.44. The van der Waals surface area contributed by atoms with Crippen LogP contribution in [0.1, 0.15) is 116 Å². The maximum Gasteiger partial charge on any atom is 0.338 e. The van der Waals surface area contributed by atoms with Crippen molar-refractivity contribution in [1.29, 1.82) is 0 Å². The Kier molecular flexibility index (Phi) is 7.64. The van der Waals surface area contributed by atoms with Gasteiger partial charge in [-0.2, -0.15) is 0 Å². The molecule has 1 aromatic rings. The first kappa shape index (κ1) is 26.9. The summed E-state index contributed by atoms with van der Waals surface area (Å²) in [5.41, 5.74) is 1.16. The van der Waals surface area contributed by atoms with E-state index in [2.05, 4.69) is 34.6 Å². The Morgan fingerprint density at radius 2 is 1.65 bits per heavy atom. The Morgan fingerprint density at radius 1 is 0.946 bits per heavy atom. The summed E-state index contributed by atoms with van der Waals surface area (Å²) in [5, 5.41) is 0. The molecule has 0 aliphatic heterocycles. The fraction of sp³-hybridized carbons (Fsp3) is 0.765. The highest BCUT2D eigenvalue weighted by atomic mass is 16.5. The monoisotopic (exact) mass is 506 g/mol. The molecule has 37 heavy (non-hydrogen) atoms. The van der Waals surface area contributed by atoms with E-state index in [4.69, 9.17) is 4.74 Å². The minimum atomic E-state index is -0.220. The molecule has 5 rings (SSSR count).